The number of carboxylic acid groups (broad SMARTS) is 1. The number of rotatable bonds is 4. The molecule has 0 saturated heterocycles. The Kier molecular flexibility index (Phi) is 3.75. The summed E-state index contributed by atoms with van der Waals surface area (Å²) in [6, 6.07) is 3.35. The first kappa shape index (κ1) is 13.3. The fourth-order valence-electron chi connectivity index (χ4n) is 1.40. The predicted molar refractivity (Wildman–Crippen MR) is 65.1 cm³/mol. The van der Waals surface area contributed by atoms with Crippen molar-refractivity contribution in [2.24, 2.45) is 0 Å². The second-order valence-electron chi connectivity index (χ2n) is 3.64. The van der Waals surface area contributed by atoms with Gasteiger partial charge in [-0.15, -0.1) is 10.2 Å². The van der Waals surface area contributed by atoms with E-state index in [2.05, 4.69) is 31.3 Å². The average Bonchev–Trinajstić information content (AvgIpc) is 2.91. The molecule has 0 bridgehead atoms. The van der Waals surface area contributed by atoms with E-state index in [1.54, 1.807) is 0 Å². The number of amides is 2. The third-order valence-electron chi connectivity index (χ3n) is 2.31. The number of tetrazole rings is 1. The summed E-state index contributed by atoms with van der Waals surface area (Å²) >= 11 is 0. The maximum atomic E-state index is 11.6. The SMILES string of the molecule is O=C(NCc1nn[nH]n1)Nc1cccc(C(=O)O)c1O. The first-order valence-corrected chi connectivity index (χ1v) is 5.40. The summed E-state index contributed by atoms with van der Waals surface area (Å²) < 4.78 is 0. The van der Waals surface area contributed by atoms with Crippen LogP contribution in [0.2, 0.25) is 0 Å². The van der Waals surface area contributed by atoms with Crippen molar-refractivity contribution in [3.8, 4) is 5.75 Å². The summed E-state index contributed by atoms with van der Waals surface area (Å²) in [5.41, 5.74) is -0.323. The van der Waals surface area contributed by atoms with Crippen molar-refractivity contribution in [2.75, 3.05) is 5.32 Å². The van der Waals surface area contributed by atoms with Gasteiger partial charge in [0.1, 0.15) is 5.56 Å². The van der Waals surface area contributed by atoms with Crippen molar-refractivity contribution < 1.29 is 19.8 Å². The number of para-hydroxylation sites is 1. The van der Waals surface area contributed by atoms with Crippen LogP contribution < -0.4 is 10.6 Å². The van der Waals surface area contributed by atoms with Crippen LogP contribution >= 0.6 is 0 Å². The molecule has 0 aliphatic heterocycles. The van der Waals surface area contributed by atoms with Gasteiger partial charge in [0.2, 0.25) is 0 Å². The molecule has 2 aromatic rings. The van der Waals surface area contributed by atoms with Crippen LogP contribution in [-0.4, -0.2) is 42.8 Å². The number of aromatic nitrogens is 4. The maximum Gasteiger partial charge on any atom is 0.339 e. The molecule has 1 aromatic heterocycles. The fraction of sp³-hybridized carbons (Fsp3) is 0.100. The summed E-state index contributed by atoms with van der Waals surface area (Å²) in [7, 11) is 0. The first-order valence-electron chi connectivity index (χ1n) is 5.40. The monoisotopic (exact) mass is 278 g/mol. The Morgan fingerprint density at radius 2 is 2.15 bits per heavy atom. The molecule has 0 aliphatic rings. The van der Waals surface area contributed by atoms with Crippen molar-refractivity contribution >= 4 is 17.7 Å². The number of nitrogens with one attached hydrogen (secondary N) is 3. The minimum absolute atomic E-state index is 0.0180. The van der Waals surface area contributed by atoms with Crippen LogP contribution in [0.5, 0.6) is 5.75 Å². The summed E-state index contributed by atoms with van der Waals surface area (Å²) in [6.45, 7) is 0.0295. The van der Waals surface area contributed by atoms with Crippen LogP contribution in [0.25, 0.3) is 0 Å². The topological polar surface area (TPSA) is 153 Å². The zero-order chi connectivity index (χ0) is 14.5. The van der Waals surface area contributed by atoms with Crippen LogP contribution in [0.15, 0.2) is 18.2 Å². The predicted octanol–water partition coefficient (Wildman–Crippen LogP) is -0.0748. The van der Waals surface area contributed by atoms with Crippen molar-refractivity contribution in [1.29, 1.82) is 0 Å². The van der Waals surface area contributed by atoms with Crippen LogP contribution in [0.1, 0.15) is 16.2 Å². The highest BCUT2D eigenvalue weighted by atomic mass is 16.4. The standard InChI is InChI=1S/C10H10N6O4/c17-8-5(9(18)19)2-1-3-6(8)12-10(20)11-4-7-13-15-16-14-7/h1-3,17H,4H2,(H,18,19)(H2,11,12,20)(H,13,14,15,16). The van der Waals surface area contributed by atoms with E-state index in [0.29, 0.717) is 0 Å². The summed E-state index contributed by atoms with van der Waals surface area (Å²) in [6.07, 6.45) is 0. The number of phenols is 1. The van der Waals surface area contributed by atoms with Crippen LogP contribution in [-0.2, 0) is 6.54 Å². The smallest absolute Gasteiger partial charge is 0.339 e. The Balaban J connectivity index is 2.01. The summed E-state index contributed by atoms with van der Waals surface area (Å²) in [4.78, 5) is 22.4. The molecule has 5 N–H and O–H groups in total. The number of carboxylic acids is 1. The fourth-order valence-corrected chi connectivity index (χ4v) is 1.40. The number of hydrogen-bond donors (Lipinski definition) is 5. The Morgan fingerprint density at radius 1 is 1.35 bits per heavy atom. The molecule has 2 amide bonds. The third kappa shape index (κ3) is 2.98. The van der Waals surface area contributed by atoms with E-state index in [1.165, 1.54) is 18.2 Å². The zero-order valence-electron chi connectivity index (χ0n) is 9.99. The molecular weight excluding hydrogens is 268 g/mol. The molecule has 0 unspecified atom stereocenters. The molecule has 2 rings (SSSR count). The van der Waals surface area contributed by atoms with Crippen molar-refractivity contribution in [3.63, 3.8) is 0 Å². The molecular formula is C10H10N6O4. The molecule has 0 atom stereocenters. The highest BCUT2D eigenvalue weighted by molar-refractivity contribution is 5.97. The van der Waals surface area contributed by atoms with Crippen molar-refractivity contribution in [2.45, 2.75) is 6.54 Å². The lowest BCUT2D eigenvalue weighted by Crippen LogP contribution is -2.28. The van der Waals surface area contributed by atoms with Crippen LogP contribution in [0, 0.1) is 0 Å². The number of anilines is 1. The molecule has 104 valence electrons. The normalized spacial score (nSPS) is 10.0. The van der Waals surface area contributed by atoms with Gasteiger partial charge in [-0.3, -0.25) is 0 Å². The van der Waals surface area contributed by atoms with Gasteiger partial charge < -0.3 is 20.8 Å². The molecule has 0 fully saturated rings. The van der Waals surface area contributed by atoms with Gasteiger partial charge in [0.15, 0.2) is 11.6 Å². The van der Waals surface area contributed by atoms with E-state index in [4.69, 9.17) is 5.11 Å². The highest BCUT2D eigenvalue weighted by Crippen LogP contribution is 2.27. The highest BCUT2D eigenvalue weighted by Gasteiger charge is 2.14. The summed E-state index contributed by atoms with van der Waals surface area (Å²) in [5, 5.41) is 36.1. The quantitative estimate of drug-likeness (QED) is 0.490. The van der Waals surface area contributed by atoms with Gasteiger partial charge in [-0.25, -0.2) is 9.59 Å². The number of aromatic carboxylic acids is 1. The molecule has 10 nitrogen and oxygen atoms in total. The number of nitrogens with zero attached hydrogens (tertiary/aromatic N) is 3. The Labute approximate surface area is 111 Å². The van der Waals surface area contributed by atoms with Gasteiger partial charge in [0, 0.05) is 0 Å². The van der Waals surface area contributed by atoms with Gasteiger partial charge in [0.05, 0.1) is 12.2 Å². The van der Waals surface area contributed by atoms with E-state index in [-0.39, 0.29) is 23.6 Å². The molecule has 0 aliphatic carbocycles. The number of carbonyl (C=O) groups excluding carboxylic acids is 1. The molecule has 0 spiro atoms. The second-order valence-corrected chi connectivity index (χ2v) is 3.64. The van der Waals surface area contributed by atoms with Gasteiger partial charge in [-0.1, -0.05) is 11.3 Å². The number of carbonyl (C=O) groups is 2. The number of hydrogen-bond acceptors (Lipinski definition) is 6. The summed E-state index contributed by atoms with van der Waals surface area (Å²) in [5.74, 6) is -1.53. The molecule has 0 saturated carbocycles. The van der Waals surface area contributed by atoms with Gasteiger partial charge >= 0.3 is 12.0 Å². The third-order valence-corrected chi connectivity index (χ3v) is 2.31. The Bertz CT molecular complexity index is 627. The number of aromatic amines is 1. The van der Waals surface area contributed by atoms with Gasteiger partial charge in [-0.2, -0.15) is 5.21 Å². The van der Waals surface area contributed by atoms with E-state index in [0.717, 1.165) is 0 Å². The van der Waals surface area contributed by atoms with E-state index in [9.17, 15) is 14.7 Å². The van der Waals surface area contributed by atoms with E-state index < -0.39 is 17.7 Å². The zero-order valence-corrected chi connectivity index (χ0v) is 9.99. The lowest BCUT2D eigenvalue weighted by atomic mass is 10.2. The molecule has 1 aromatic carbocycles. The molecule has 0 radical (unpaired) electrons. The lowest BCUT2D eigenvalue weighted by Gasteiger charge is -2.09. The Morgan fingerprint density at radius 3 is 2.80 bits per heavy atom. The van der Waals surface area contributed by atoms with E-state index >= 15 is 0 Å². The lowest BCUT2D eigenvalue weighted by molar-refractivity contribution is 0.0693. The number of aromatic hydroxyl groups is 1. The number of urea groups is 1. The molecule has 1 heterocycles. The number of benzene rings is 1. The Hall–Kier alpha value is -3.17. The van der Waals surface area contributed by atoms with Gasteiger partial charge in [0.25, 0.3) is 0 Å². The molecule has 20 heavy (non-hydrogen) atoms. The van der Waals surface area contributed by atoms with E-state index in [1.807, 2.05) is 0 Å². The van der Waals surface area contributed by atoms with Crippen molar-refractivity contribution in [3.05, 3.63) is 29.6 Å². The van der Waals surface area contributed by atoms with Crippen LogP contribution in [0.3, 0.4) is 0 Å². The van der Waals surface area contributed by atoms with Crippen LogP contribution in [0.4, 0.5) is 10.5 Å². The molecule has 10 heteroatoms. The average molecular weight is 278 g/mol. The van der Waals surface area contributed by atoms with Gasteiger partial charge in [-0.05, 0) is 12.1 Å². The van der Waals surface area contributed by atoms with Crippen molar-refractivity contribution in [1.82, 2.24) is 25.9 Å². The number of H-pyrrole nitrogens is 1. The maximum absolute atomic E-state index is 11.6. The largest absolute Gasteiger partial charge is 0.505 e. The first-order chi connectivity index (χ1) is 9.58. The minimum Gasteiger partial charge on any atom is -0.505 e. The second kappa shape index (κ2) is 5.65. The minimum atomic E-state index is -1.29.